The smallest absolute Gasteiger partial charge is 0.340 e. The van der Waals surface area contributed by atoms with Crippen LogP contribution in [0.15, 0.2) is 18.6 Å². The van der Waals surface area contributed by atoms with E-state index in [4.69, 9.17) is 16.3 Å². The van der Waals surface area contributed by atoms with Gasteiger partial charge in [0, 0.05) is 30.6 Å². The summed E-state index contributed by atoms with van der Waals surface area (Å²) in [4.78, 5) is 8.13. The minimum atomic E-state index is 0.305. The Labute approximate surface area is 98.0 Å². The molecular formula is C10H11ClN4O. The van der Waals surface area contributed by atoms with Crippen molar-refractivity contribution in [1.82, 2.24) is 19.7 Å². The first-order valence-corrected chi connectivity index (χ1v) is 5.27. The van der Waals surface area contributed by atoms with Crippen LogP contribution in [0.2, 0.25) is 0 Å². The summed E-state index contributed by atoms with van der Waals surface area (Å²) in [7, 11) is 1.78. The van der Waals surface area contributed by atoms with Crippen LogP contribution in [0.5, 0.6) is 11.8 Å². The molecular weight excluding hydrogens is 228 g/mol. The number of rotatable bonds is 3. The zero-order valence-corrected chi connectivity index (χ0v) is 9.77. The molecule has 0 aromatic carbocycles. The Morgan fingerprint density at radius 2 is 2.25 bits per heavy atom. The number of aryl methyl sites for hydroxylation is 2. The molecule has 2 rings (SSSR count). The summed E-state index contributed by atoms with van der Waals surface area (Å²) in [5.74, 6) is 0.990. The Hall–Kier alpha value is -1.62. The van der Waals surface area contributed by atoms with Crippen molar-refractivity contribution < 1.29 is 4.74 Å². The second-order valence-electron chi connectivity index (χ2n) is 3.37. The van der Waals surface area contributed by atoms with Gasteiger partial charge in [0.25, 0.3) is 0 Å². The van der Waals surface area contributed by atoms with Crippen LogP contribution in [0, 0.1) is 6.92 Å². The highest BCUT2D eigenvalue weighted by Gasteiger charge is 2.08. The van der Waals surface area contributed by atoms with Gasteiger partial charge in [-0.15, -0.1) is 16.7 Å². The predicted octanol–water partition coefficient (Wildman–Crippen LogP) is 2.05. The fraction of sp³-hybridized carbons (Fsp3) is 0.300. The Balaban J connectivity index is 2.29. The Morgan fingerprint density at radius 1 is 1.44 bits per heavy atom. The van der Waals surface area contributed by atoms with Crippen LogP contribution in [0.25, 0.3) is 0 Å². The first kappa shape index (κ1) is 10.9. The number of pyridine rings is 1. The third kappa shape index (κ3) is 2.30. The molecule has 0 atom stereocenters. The van der Waals surface area contributed by atoms with Crippen LogP contribution in [0.3, 0.4) is 0 Å². The van der Waals surface area contributed by atoms with E-state index < -0.39 is 0 Å². The molecule has 0 radical (unpaired) electrons. The summed E-state index contributed by atoms with van der Waals surface area (Å²) < 4.78 is 7.11. The van der Waals surface area contributed by atoms with E-state index in [1.807, 2.05) is 13.0 Å². The van der Waals surface area contributed by atoms with Gasteiger partial charge in [0.2, 0.25) is 0 Å². The number of hydrogen-bond acceptors (Lipinski definition) is 4. The molecule has 84 valence electrons. The number of halogens is 1. The SMILES string of the molecule is Cc1cc(Oc2ncn(C)n2)c(CCl)cn1. The predicted molar refractivity (Wildman–Crippen MR) is 59.6 cm³/mol. The summed E-state index contributed by atoms with van der Waals surface area (Å²) in [5.41, 5.74) is 1.68. The van der Waals surface area contributed by atoms with Gasteiger partial charge in [0.1, 0.15) is 12.1 Å². The standard InChI is InChI=1S/C10H11ClN4O/c1-7-3-9(8(4-11)5-12-7)16-10-13-6-15(2)14-10/h3,5-6H,4H2,1-2H3. The molecule has 0 unspecified atom stereocenters. The molecule has 0 fully saturated rings. The Morgan fingerprint density at radius 3 is 2.88 bits per heavy atom. The van der Waals surface area contributed by atoms with Gasteiger partial charge in [-0.3, -0.25) is 9.67 Å². The van der Waals surface area contributed by atoms with E-state index in [0.717, 1.165) is 11.3 Å². The summed E-state index contributed by atoms with van der Waals surface area (Å²) in [6, 6.07) is 2.12. The van der Waals surface area contributed by atoms with Gasteiger partial charge in [-0.05, 0) is 6.92 Å². The molecule has 16 heavy (non-hydrogen) atoms. The van der Waals surface area contributed by atoms with Crippen LogP contribution >= 0.6 is 11.6 Å². The highest BCUT2D eigenvalue weighted by Crippen LogP contribution is 2.24. The number of aromatic nitrogens is 4. The molecule has 0 spiro atoms. The average Bonchev–Trinajstić information content (AvgIpc) is 2.64. The van der Waals surface area contributed by atoms with E-state index in [1.165, 1.54) is 0 Å². The minimum absolute atomic E-state index is 0.305. The third-order valence-electron chi connectivity index (χ3n) is 2.00. The van der Waals surface area contributed by atoms with Crippen molar-refractivity contribution >= 4 is 11.6 Å². The lowest BCUT2D eigenvalue weighted by Gasteiger charge is -2.06. The van der Waals surface area contributed by atoms with Crippen LogP contribution in [0.1, 0.15) is 11.3 Å². The summed E-state index contributed by atoms with van der Waals surface area (Å²) in [6.45, 7) is 1.89. The third-order valence-corrected chi connectivity index (χ3v) is 2.29. The highest BCUT2D eigenvalue weighted by atomic mass is 35.5. The van der Waals surface area contributed by atoms with E-state index in [0.29, 0.717) is 17.6 Å². The van der Waals surface area contributed by atoms with Crippen LogP contribution in [-0.4, -0.2) is 19.7 Å². The second kappa shape index (κ2) is 4.49. The molecule has 0 N–H and O–H groups in total. The lowest BCUT2D eigenvalue weighted by atomic mass is 10.2. The maximum absolute atomic E-state index is 5.79. The summed E-state index contributed by atoms with van der Waals surface area (Å²) in [5, 5.41) is 4.03. The molecule has 0 bridgehead atoms. The zero-order valence-electron chi connectivity index (χ0n) is 9.01. The van der Waals surface area contributed by atoms with E-state index in [1.54, 1.807) is 24.3 Å². The largest absolute Gasteiger partial charge is 0.423 e. The van der Waals surface area contributed by atoms with Crippen molar-refractivity contribution in [3.8, 4) is 11.8 Å². The molecule has 2 aromatic rings. The lowest BCUT2D eigenvalue weighted by molar-refractivity contribution is 0.434. The van der Waals surface area contributed by atoms with Crippen molar-refractivity contribution in [3.05, 3.63) is 29.8 Å². The van der Waals surface area contributed by atoms with Gasteiger partial charge in [0.15, 0.2) is 0 Å². The fourth-order valence-corrected chi connectivity index (χ4v) is 1.42. The summed E-state index contributed by atoms with van der Waals surface area (Å²) in [6.07, 6.45) is 3.27. The van der Waals surface area contributed by atoms with Gasteiger partial charge >= 0.3 is 6.01 Å². The molecule has 0 amide bonds. The Kier molecular flexibility index (Phi) is 3.05. The quantitative estimate of drug-likeness (QED) is 0.768. The van der Waals surface area contributed by atoms with Crippen molar-refractivity contribution in [1.29, 1.82) is 0 Å². The van der Waals surface area contributed by atoms with Crippen molar-refractivity contribution in [2.24, 2.45) is 7.05 Å². The molecule has 0 saturated heterocycles. The normalized spacial score (nSPS) is 10.4. The first-order valence-electron chi connectivity index (χ1n) is 4.74. The van der Waals surface area contributed by atoms with E-state index in [9.17, 15) is 0 Å². The molecule has 0 aliphatic heterocycles. The molecule has 0 aliphatic carbocycles. The number of hydrogen-bond donors (Lipinski definition) is 0. The van der Waals surface area contributed by atoms with E-state index in [-0.39, 0.29) is 0 Å². The molecule has 0 aliphatic rings. The lowest BCUT2D eigenvalue weighted by Crippen LogP contribution is -1.95. The van der Waals surface area contributed by atoms with Crippen LogP contribution in [0.4, 0.5) is 0 Å². The van der Waals surface area contributed by atoms with Crippen LogP contribution < -0.4 is 4.74 Å². The maximum Gasteiger partial charge on any atom is 0.340 e. The van der Waals surface area contributed by atoms with E-state index in [2.05, 4.69) is 15.1 Å². The van der Waals surface area contributed by atoms with Crippen molar-refractivity contribution in [2.75, 3.05) is 0 Å². The molecule has 0 saturated carbocycles. The van der Waals surface area contributed by atoms with Gasteiger partial charge in [-0.2, -0.15) is 4.98 Å². The minimum Gasteiger partial charge on any atom is -0.423 e. The van der Waals surface area contributed by atoms with Gasteiger partial charge in [-0.25, -0.2) is 0 Å². The van der Waals surface area contributed by atoms with E-state index >= 15 is 0 Å². The second-order valence-corrected chi connectivity index (χ2v) is 3.64. The molecule has 6 heteroatoms. The molecule has 2 aromatic heterocycles. The highest BCUT2D eigenvalue weighted by molar-refractivity contribution is 6.17. The number of nitrogens with zero attached hydrogens (tertiary/aromatic N) is 4. The van der Waals surface area contributed by atoms with Crippen LogP contribution in [-0.2, 0) is 12.9 Å². The van der Waals surface area contributed by atoms with Gasteiger partial charge in [0.05, 0.1) is 5.88 Å². The summed E-state index contributed by atoms with van der Waals surface area (Å²) >= 11 is 5.79. The monoisotopic (exact) mass is 238 g/mol. The topological polar surface area (TPSA) is 52.8 Å². The van der Waals surface area contributed by atoms with Crippen molar-refractivity contribution in [3.63, 3.8) is 0 Å². The average molecular weight is 239 g/mol. The first-order chi connectivity index (χ1) is 7.69. The zero-order chi connectivity index (χ0) is 11.5. The number of alkyl halides is 1. The fourth-order valence-electron chi connectivity index (χ4n) is 1.22. The van der Waals surface area contributed by atoms with Gasteiger partial charge in [-0.1, -0.05) is 0 Å². The molecule has 5 nitrogen and oxygen atoms in total. The van der Waals surface area contributed by atoms with Gasteiger partial charge < -0.3 is 4.74 Å². The maximum atomic E-state index is 5.79. The molecule has 2 heterocycles. The number of ether oxygens (including phenoxy) is 1. The van der Waals surface area contributed by atoms with Crippen molar-refractivity contribution in [2.45, 2.75) is 12.8 Å². The Bertz CT molecular complexity index is 497.